The molecule has 0 bridgehead atoms. The predicted molar refractivity (Wildman–Crippen MR) is 63.0 cm³/mol. The van der Waals surface area contributed by atoms with E-state index in [2.05, 4.69) is 0 Å². The minimum Gasteiger partial charge on any atom is -0.494 e. The van der Waals surface area contributed by atoms with Crippen LogP contribution >= 0.6 is 0 Å². The van der Waals surface area contributed by atoms with Gasteiger partial charge in [-0.25, -0.2) is 0 Å². The number of ether oxygens (including phenoxy) is 1. The van der Waals surface area contributed by atoms with Gasteiger partial charge in [-0.15, -0.1) is 0 Å². The highest BCUT2D eigenvalue weighted by molar-refractivity contribution is 5.67. The maximum atomic E-state index is 10.5. The Morgan fingerprint density at radius 2 is 2.00 bits per heavy atom. The second-order valence-corrected chi connectivity index (χ2v) is 3.87. The lowest BCUT2D eigenvalue weighted by atomic mass is 10.0. The molecule has 0 radical (unpaired) electrons. The van der Waals surface area contributed by atoms with Crippen molar-refractivity contribution in [2.75, 3.05) is 6.61 Å². The van der Waals surface area contributed by atoms with E-state index in [9.17, 15) is 4.79 Å². The van der Waals surface area contributed by atoms with Crippen molar-refractivity contribution in [1.82, 2.24) is 0 Å². The first-order valence-corrected chi connectivity index (χ1v) is 5.49. The van der Waals surface area contributed by atoms with E-state index < -0.39 is 5.97 Å². The Morgan fingerprint density at radius 1 is 1.31 bits per heavy atom. The van der Waals surface area contributed by atoms with Gasteiger partial charge in [0.05, 0.1) is 6.61 Å². The minimum atomic E-state index is -0.758. The van der Waals surface area contributed by atoms with Crippen LogP contribution in [-0.2, 0) is 11.2 Å². The van der Waals surface area contributed by atoms with E-state index in [0.29, 0.717) is 13.0 Å². The molecule has 3 heteroatoms. The second kappa shape index (κ2) is 5.54. The largest absolute Gasteiger partial charge is 0.494 e. The zero-order valence-corrected chi connectivity index (χ0v) is 10.0. The van der Waals surface area contributed by atoms with Gasteiger partial charge in [-0.05, 0) is 49.9 Å². The summed E-state index contributed by atoms with van der Waals surface area (Å²) in [5.74, 6) is 0.130. The van der Waals surface area contributed by atoms with Crippen LogP contribution in [0.3, 0.4) is 0 Å². The van der Waals surface area contributed by atoms with Crippen LogP contribution in [0.5, 0.6) is 5.75 Å². The zero-order valence-electron chi connectivity index (χ0n) is 10.0. The lowest BCUT2D eigenvalue weighted by Crippen LogP contribution is -2.01. The summed E-state index contributed by atoms with van der Waals surface area (Å²) in [5.41, 5.74) is 3.24. The first-order valence-electron chi connectivity index (χ1n) is 5.49. The molecule has 3 nitrogen and oxygen atoms in total. The number of benzene rings is 1. The van der Waals surface area contributed by atoms with Crippen molar-refractivity contribution in [2.45, 2.75) is 33.6 Å². The summed E-state index contributed by atoms with van der Waals surface area (Å²) < 4.78 is 5.48. The fraction of sp³-hybridized carbons (Fsp3) is 0.462. The van der Waals surface area contributed by atoms with Crippen LogP contribution < -0.4 is 4.74 Å². The number of aryl methyl sites for hydroxylation is 3. The number of carboxylic acid groups (broad SMARTS) is 1. The molecule has 0 fully saturated rings. The highest BCUT2D eigenvalue weighted by Gasteiger charge is 2.06. The second-order valence-electron chi connectivity index (χ2n) is 3.87. The number of aliphatic carboxylic acids is 1. The van der Waals surface area contributed by atoms with Gasteiger partial charge >= 0.3 is 5.97 Å². The molecule has 88 valence electrons. The SMILES string of the molecule is CCOc1cc(C)c(CCC(=O)O)cc1C. The van der Waals surface area contributed by atoms with Gasteiger partial charge in [-0.1, -0.05) is 6.07 Å². The molecule has 0 unspecified atom stereocenters. The smallest absolute Gasteiger partial charge is 0.303 e. The van der Waals surface area contributed by atoms with Crippen molar-refractivity contribution in [3.05, 3.63) is 28.8 Å². The van der Waals surface area contributed by atoms with Crippen molar-refractivity contribution in [3.63, 3.8) is 0 Å². The van der Waals surface area contributed by atoms with Crippen LogP contribution in [0.2, 0.25) is 0 Å². The zero-order chi connectivity index (χ0) is 12.1. The number of hydrogen-bond acceptors (Lipinski definition) is 2. The van der Waals surface area contributed by atoms with E-state index in [0.717, 1.165) is 22.4 Å². The molecule has 0 heterocycles. The van der Waals surface area contributed by atoms with Crippen molar-refractivity contribution in [2.24, 2.45) is 0 Å². The highest BCUT2D eigenvalue weighted by atomic mass is 16.5. The molecule has 0 amide bonds. The Kier molecular flexibility index (Phi) is 4.35. The van der Waals surface area contributed by atoms with E-state index in [1.807, 2.05) is 32.9 Å². The fourth-order valence-corrected chi connectivity index (χ4v) is 1.67. The molecule has 0 aliphatic carbocycles. The molecule has 0 saturated carbocycles. The monoisotopic (exact) mass is 222 g/mol. The van der Waals surface area contributed by atoms with Gasteiger partial charge in [0.25, 0.3) is 0 Å². The molecular formula is C13H18O3. The summed E-state index contributed by atoms with van der Waals surface area (Å²) in [7, 11) is 0. The Hall–Kier alpha value is -1.51. The highest BCUT2D eigenvalue weighted by Crippen LogP contribution is 2.23. The summed E-state index contributed by atoms with van der Waals surface area (Å²) in [4.78, 5) is 10.5. The van der Waals surface area contributed by atoms with Crippen LogP contribution in [0.1, 0.15) is 30.0 Å². The molecule has 1 aromatic rings. The summed E-state index contributed by atoms with van der Waals surface area (Å²) >= 11 is 0. The molecule has 0 spiro atoms. The summed E-state index contributed by atoms with van der Waals surface area (Å²) in [5, 5.41) is 8.65. The van der Waals surface area contributed by atoms with Gasteiger partial charge < -0.3 is 9.84 Å². The van der Waals surface area contributed by atoms with Crippen molar-refractivity contribution < 1.29 is 14.6 Å². The predicted octanol–water partition coefficient (Wildman–Crippen LogP) is 2.72. The van der Waals surface area contributed by atoms with E-state index in [-0.39, 0.29) is 6.42 Å². The van der Waals surface area contributed by atoms with Crippen LogP contribution in [0.15, 0.2) is 12.1 Å². The Bertz CT molecular complexity index is 383. The quantitative estimate of drug-likeness (QED) is 0.833. The topological polar surface area (TPSA) is 46.5 Å². The van der Waals surface area contributed by atoms with Gasteiger partial charge in [-0.3, -0.25) is 4.79 Å². The van der Waals surface area contributed by atoms with Gasteiger partial charge in [0.2, 0.25) is 0 Å². The number of hydrogen-bond donors (Lipinski definition) is 1. The molecule has 1 N–H and O–H groups in total. The third-order valence-corrected chi connectivity index (χ3v) is 2.54. The Morgan fingerprint density at radius 3 is 2.56 bits per heavy atom. The standard InChI is InChI=1S/C13H18O3/c1-4-16-12-8-9(2)11(7-10(12)3)5-6-13(14)15/h7-8H,4-6H2,1-3H3,(H,14,15). The third kappa shape index (κ3) is 3.26. The van der Waals surface area contributed by atoms with Crippen LogP contribution in [0.25, 0.3) is 0 Å². The average molecular weight is 222 g/mol. The van der Waals surface area contributed by atoms with Gasteiger partial charge in [0.1, 0.15) is 5.75 Å². The van der Waals surface area contributed by atoms with Gasteiger partial charge in [0, 0.05) is 6.42 Å². The van der Waals surface area contributed by atoms with Crippen LogP contribution in [-0.4, -0.2) is 17.7 Å². The molecule has 1 rings (SSSR count). The molecule has 1 aromatic carbocycles. The minimum absolute atomic E-state index is 0.175. The average Bonchev–Trinajstić information content (AvgIpc) is 2.21. The summed E-state index contributed by atoms with van der Waals surface area (Å²) in [6.07, 6.45) is 0.753. The third-order valence-electron chi connectivity index (χ3n) is 2.54. The van der Waals surface area contributed by atoms with E-state index in [1.165, 1.54) is 0 Å². The molecule has 0 aromatic heterocycles. The normalized spacial score (nSPS) is 10.2. The lowest BCUT2D eigenvalue weighted by molar-refractivity contribution is -0.136. The van der Waals surface area contributed by atoms with Crippen LogP contribution in [0.4, 0.5) is 0 Å². The van der Waals surface area contributed by atoms with Crippen LogP contribution in [0, 0.1) is 13.8 Å². The first kappa shape index (κ1) is 12.6. The van der Waals surface area contributed by atoms with Crippen molar-refractivity contribution in [1.29, 1.82) is 0 Å². The maximum Gasteiger partial charge on any atom is 0.303 e. The molecular weight excluding hydrogens is 204 g/mol. The summed E-state index contributed by atoms with van der Waals surface area (Å²) in [6, 6.07) is 4.00. The van der Waals surface area contributed by atoms with E-state index >= 15 is 0 Å². The van der Waals surface area contributed by atoms with E-state index in [4.69, 9.17) is 9.84 Å². The molecule has 0 atom stereocenters. The number of rotatable bonds is 5. The first-order chi connectivity index (χ1) is 7.54. The Balaban J connectivity index is 2.87. The molecule has 0 saturated heterocycles. The molecule has 0 aliphatic heterocycles. The lowest BCUT2D eigenvalue weighted by Gasteiger charge is -2.11. The molecule has 0 aliphatic rings. The number of carboxylic acids is 1. The van der Waals surface area contributed by atoms with Gasteiger partial charge in [-0.2, -0.15) is 0 Å². The van der Waals surface area contributed by atoms with E-state index in [1.54, 1.807) is 0 Å². The maximum absolute atomic E-state index is 10.5. The number of carbonyl (C=O) groups is 1. The van der Waals surface area contributed by atoms with Gasteiger partial charge in [0.15, 0.2) is 0 Å². The van der Waals surface area contributed by atoms with Crippen molar-refractivity contribution >= 4 is 5.97 Å². The van der Waals surface area contributed by atoms with Crippen molar-refractivity contribution in [3.8, 4) is 5.75 Å². The summed E-state index contributed by atoms with van der Waals surface area (Å²) in [6.45, 7) is 6.57. The Labute approximate surface area is 96.1 Å². The molecule has 16 heavy (non-hydrogen) atoms. The fourth-order valence-electron chi connectivity index (χ4n) is 1.67.